The second-order valence-corrected chi connectivity index (χ2v) is 5.47. The molecular formula is C17H17N3O7. The van der Waals surface area contributed by atoms with Gasteiger partial charge in [-0.15, -0.1) is 0 Å². The molecule has 142 valence electrons. The van der Waals surface area contributed by atoms with Crippen LogP contribution in [0, 0.1) is 17.0 Å². The van der Waals surface area contributed by atoms with Gasteiger partial charge in [-0.1, -0.05) is 6.07 Å². The fraction of sp³-hybridized carbons (Fsp3) is 0.235. The molecule has 27 heavy (non-hydrogen) atoms. The number of esters is 1. The third-order valence-corrected chi connectivity index (χ3v) is 3.56. The van der Waals surface area contributed by atoms with Crippen molar-refractivity contribution in [3.63, 3.8) is 0 Å². The predicted molar refractivity (Wildman–Crippen MR) is 94.7 cm³/mol. The number of amides is 1. The summed E-state index contributed by atoms with van der Waals surface area (Å²) in [6.07, 6.45) is 1.43. The molecule has 0 fully saturated rings. The minimum Gasteiger partial charge on any atom is -0.490 e. The molecule has 0 aliphatic rings. The smallest absolute Gasteiger partial charge is 0.326 e. The summed E-state index contributed by atoms with van der Waals surface area (Å²) in [5, 5.41) is 13.5. The number of anilines is 1. The van der Waals surface area contributed by atoms with Gasteiger partial charge >= 0.3 is 11.7 Å². The van der Waals surface area contributed by atoms with E-state index in [1.807, 2.05) is 0 Å². The first-order chi connectivity index (χ1) is 12.8. The molecule has 1 heterocycles. The second-order valence-electron chi connectivity index (χ2n) is 5.47. The van der Waals surface area contributed by atoms with Crippen molar-refractivity contribution >= 4 is 23.3 Å². The Morgan fingerprint density at radius 3 is 2.67 bits per heavy atom. The summed E-state index contributed by atoms with van der Waals surface area (Å²) in [5.41, 5.74) is 0.135. The number of methoxy groups -OCH3 is 1. The van der Waals surface area contributed by atoms with Gasteiger partial charge in [0.2, 0.25) is 0 Å². The summed E-state index contributed by atoms with van der Waals surface area (Å²) in [5.74, 6) is -1.40. The number of benzene rings is 1. The maximum absolute atomic E-state index is 12.0. The van der Waals surface area contributed by atoms with E-state index in [1.54, 1.807) is 19.1 Å². The number of pyridine rings is 1. The molecule has 0 atom stereocenters. The summed E-state index contributed by atoms with van der Waals surface area (Å²) in [7, 11) is 1.27. The number of hydrogen-bond donors (Lipinski definition) is 1. The highest BCUT2D eigenvalue weighted by molar-refractivity contribution is 5.94. The van der Waals surface area contributed by atoms with Gasteiger partial charge in [0.1, 0.15) is 6.54 Å². The van der Waals surface area contributed by atoms with Crippen molar-refractivity contribution in [3.8, 4) is 5.75 Å². The van der Waals surface area contributed by atoms with Gasteiger partial charge < -0.3 is 19.4 Å². The maximum atomic E-state index is 12.0. The first-order valence-electron chi connectivity index (χ1n) is 7.75. The third kappa shape index (κ3) is 5.14. The number of nitrogens with zero attached hydrogens (tertiary/aromatic N) is 2. The van der Waals surface area contributed by atoms with E-state index < -0.39 is 23.4 Å². The molecule has 1 amide bonds. The molecule has 0 radical (unpaired) electrons. The van der Waals surface area contributed by atoms with E-state index in [0.717, 1.165) is 4.57 Å². The van der Waals surface area contributed by atoms with Crippen LogP contribution in [-0.2, 0) is 20.9 Å². The van der Waals surface area contributed by atoms with E-state index in [9.17, 15) is 24.5 Å². The van der Waals surface area contributed by atoms with Crippen LogP contribution in [0.5, 0.6) is 5.75 Å². The molecule has 1 aromatic heterocycles. The molecule has 2 rings (SSSR count). The number of carbonyl (C=O) groups is 2. The highest BCUT2D eigenvalue weighted by atomic mass is 16.6. The van der Waals surface area contributed by atoms with Crippen LogP contribution in [0.25, 0.3) is 0 Å². The van der Waals surface area contributed by atoms with E-state index in [4.69, 9.17) is 9.47 Å². The zero-order valence-corrected chi connectivity index (χ0v) is 14.6. The summed E-state index contributed by atoms with van der Waals surface area (Å²) in [6.45, 7) is 0.687. The van der Waals surface area contributed by atoms with Gasteiger partial charge in [-0.05, 0) is 18.6 Å². The number of aromatic nitrogens is 1. The summed E-state index contributed by atoms with van der Waals surface area (Å²) < 4.78 is 10.9. The monoisotopic (exact) mass is 375 g/mol. The lowest BCUT2D eigenvalue weighted by Gasteiger charge is -2.11. The van der Waals surface area contributed by atoms with Crippen molar-refractivity contribution in [2.24, 2.45) is 0 Å². The highest BCUT2D eigenvalue weighted by Gasteiger charge is 2.18. The van der Waals surface area contributed by atoms with Crippen LogP contribution < -0.4 is 15.6 Å². The molecule has 0 aliphatic heterocycles. The highest BCUT2D eigenvalue weighted by Crippen LogP contribution is 2.32. The molecule has 0 saturated carbocycles. The normalized spacial score (nSPS) is 10.1. The third-order valence-electron chi connectivity index (χ3n) is 3.56. The fourth-order valence-electron chi connectivity index (χ4n) is 2.22. The van der Waals surface area contributed by atoms with Crippen LogP contribution in [0.3, 0.4) is 0 Å². The van der Waals surface area contributed by atoms with Gasteiger partial charge in [0.15, 0.2) is 12.4 Å². The Morgan fingerprint density at radius 1 is 1.30 bits per heavy atom. The quantitative estimate of drug-likeness (QED) is 0.438. The van der Waals surface area contributed by atoms with Crippen molar-refractivity contribution < 1.29 is 24.0 Å². The average molecular weight is 375 g/mol. The second kappa shape index (κ2) is 8.61. The molecule has 1 N–H and O–H groups in total. The molecular weight excluding hydrogens is 358 g/mol. The fourth-order valence-corrected chi connectivity index (χ4v) is 2.22. The lowest BCUT2D eigenvalue weighted by Crippen LogP contribution is -2.27. The lowest BCUT2D eigenvalue weighted by atomic mass is 10.1. The van der Waals surface area contributed by atoms with Crippen LogP contribution >= 0.6 is 0 Å². The van der Waals surface area contributed by atoms with Crippen LogP contribution in [0.2, 0.25) is 0 Å². The number of hydrogen-bond acceptors (Lipinski definition) is 7. The Hall–Kier alpha value is -3.69. The standard InChI is InChI=1S/C17H17N3O7/c1-11-7-13(20(24)25)14(26-2)8-12(11)18-15(21)10-27-17(23)9-19-6-4-3-5-16(19)22/h3-8H,9-10H2,1-2H3,(H,18,21). The molecule has 0 saturated heterocycles. The average Bonchev–Trinajstić information content (AvgIpc) is 2.63. The summed E-state index contributed by atoms with van der Waals surface area (Å²) in [6, 6.07) is 7.01. The van der Waals surface area contributed by atoms with E-state index in [1.165, 1.54) is 31.5 Å². The topological polar surface area (TPSA) is 130 Å². The van der Waals surface area contributed by atoms with E-state index in [0.29, 0.717) is 5.56 Å². The molecule has 0 spiro atoms. The van der Waals surface area contributed by atoms with Crippen LogP contribution in [0.1, 0.15) is 5.56 Å². The number of nitro groups is 1. The van der Waals surface area contributed by atoms with Gasteiger partial charge in [-0.25, -0.2) is 0 Å². The SMILES string of the molecule is COc1cc(NC(=O)COC(=O)Cn2ccccc2=O)c(C)cc1[N+](=O)[O-]. The summed E-state index contributed by atoms with van der Waals surface area (Å²) in [4.78, 5) is 45.6. The van der Waals surface area contributed by atoms with Crippen molar-refractivity contribution in [2.45, 2.75) is 13.5 Å². The van der Waals surface area contributed by atoms with Crippen LogP contribution in [0.4, 0.5) is 11.4 Å². The first-order valence-corrected chi connectivity index (χ1v) is 7.75. The largest absolute Gasteiger partial charge is 0.490 e. The van der Waals surface area contributed by atoms with Crippen molar-refractivity contribution in [2.75, 3.05) is 19.0 Å². The Kier molecular flexibility index (Phi) is 6.26. The molecule has 10 nitrogen and oxygen atoms in total. The van der Waals surface area contributed by atoms with E-state index >= 15 is 0 Å². The van der Waals surface area contributed by atoms with Gasteiger partial charge in [-0.2, -0.15) is 0 Å². The molecule has 1 aromatic carbocycles. The van der Waals surface area contributed by atoms with Crippen molar-refractivity contribution in [3.05, 3.63) is 62.6 Å². The maximum Gasteiger partial charge on any atom is 0.326 e. The van der Waals surface area contributed by atoms with Gasteiger partial charge in [-0.3, -0.25) is 24.5 Å². The first kappa shape index (κ1) is 19.6. The Morgan fingerprint density at radius 2 is 2.04 bits per heavy atom. The van der Waals surface area contributed by atoms with Gasteiger partial charge in [0.05, 0.1) is 12.0 Å². The van der Waals surface area contributed by atoms with E-state index in [-0.39, 0.29) is 29.2 Å². The molecule has 0 unspecified atom stereocenters. The number of ether oxygens (including phenoxy) is 2. The molecule has 2 aromatic rings. The number of nitrogens with one attached hydrogen (secondary N) is 1. The number of carbonyl (C=O) groups excluding carboxylic acids is 2. The number of aryl methyl sites for hydroxylation is 1. The Labute approximate surface area is 153 Å². The van der Waals surface area contributed by atoms with Gasteiger partial charge in [0, 0.05) is 30.1 Å². The summed E-state index contributed by atoms with van der Waals surface area (Å²) >= 11 is 0. The van der Waals surface area contributed by atoms with Crippen LogP contribution in [-0.4, -0.2) is 35.1 Å². The predicted octanol–water partition coefficient (Wildman–Crippen LogP) is 1.26. The Bertz CT molecular complexity index is 936. The number of nitro benzene ring substituents is 1. The minimum absolute atomic E-state index is 0.0126. The van der Waals surface area contributed by atoms with Crippen molar-refractivity contribution in [1.29, 1.82) is 0 Å². The zero-order valence-electron chi connectivity index (χ0n) is 14.6. The molecule has 0 bridgehead atoms. The van der Waals surface area contributed by atoms with Crippen molar-refractivity contribution in [1.82, 2.24) is 4.57 Å². The zero-order chi connectivity index (χ0) is 20.0. The molecule has 10 heteroatoms. The van der Waals surface area contributed by atoms with Crippen LogP contribution in [0.15, 0.2) is 41.3 Å². The Balaban J connectivity index is 1.97. The molecule has 0 aliphatic carbocycles. The minimum atomic E-state index is -0.753. The van der Waals surface area contributed by atoms with Gasteiger partial charge in [0.25, 0.3) is 11.5 Å². The lowest BCUT2D eigenvalue weighted by molar-refractivity contribution is -0.385. The van der Waals surface area contributed by atoms with E-state index in [2.05, 4.69) is 5.32 Å². The number of rotatable bonds is 7.